The minimum absolute atomic E-state index is 0.0732. The van der Waals surface area contributed by atoms with Crippen LogP contribution in [0.25, 0.3) is 0 Å². The highest BCUT2D eigenvalue weighted by molar-refractivity contribution is 7.98. The van der Waals surface area contributed by atoms with Gasteiger partial charge in [0.15, 0.2) is 0 Å². The van der Waals surface area contributed by atoms with E-state index in [0.717, 1.165) is 5.03 Å². The third kappa shape index (κ3) is 2.10. The number of pyridine rings is 1. The zero-order valence-electron chi connectivity index (χ0n) is 8.23. The van der Waals surface area contributed by atoms with Gasteiger partial charge in [-0.15, -0.1) is 11.8 Å². The van der Waals surface area contributed by atoms with E-state index in [9.17, 15) is 4.79 Å². The Morgan fingerprint density at radius 3 is 2.80 bits per heavy atom. The number of ketones is 1. The Hall–Kier alpha value is -1.55. The normalized spacial score (nSPS) is 10.2. The van der Waals surface area contributed by atoms with E-state index >= 15 is 0 Å². The smallest absolute Gasteiger partial charge is 0.227 e. The molecule has 0 aliphatic rings. The van der Waals surface area contributed by atoms with Crippen LogP contribution in [0.3, 0.4) is 0 Å². The van der Waals surface area contributed by atoms with Crippen LogP contribution in [0, 0.1) is 0 Å². The van der Waals surface area contributed by atoms with Gasteiger partial charge in [-0.25, -0.2) is 0 Å². The van der Waals surface area contributed by atoms with Crippen LogP contribution in [-0.2, 0) is 0 Å². The van der Waals surface area contributed by atoms with Crippen molar-refractivity contribution in [3.05, 3.63) is 47.9 Å². The van der Waals surface area contributed by atoms with E-state index in [2.05, 4.69) is 9.97 Å². The number of carbonyl (C=O) groups excluding carboxylic acids is 1. The minimum atomic E-state index is -0.0732. The van der Waals surface area contributed by atoms with Gasteiger partial charge >= 0.3 is 0 Å². The molecule has 0 aliphatic heterocycles. The lowest BCUT2D eigenvalue weighted by Crippen LogP contribution is -2.03. The van der Waals surface area contributed by atoms with Crippen LogP contribution in [0.2, 0.25) is 0 Å². The van der Waals surface area contributed by atoms with E-state index in [-0.39, 0.29) is 5.78 Å². The monoisotopic (exact) mass is 218 g/mol. The standard InChI is InChI=1S/C11H10N2OS/c1-15-10-6-5-9(13-10)11(14)8-4-2-3-7-12-8/h2-7,13H,1H3. The topological polar surface area (TPSA) is 45.8 Å². The largest absolute Gasteiger partial charge is 0.347 e. The van der Waals surface area contributed by atoms with Crippen LogP contribution in [0.5, 0.6) is 0 Å². The molecule has 0 spiro atoms. The van der Waals surface area contributed by atoms with E-state index in [0.29, 0.717) is 11.4 Å². The van der Waals surface area contributed by atoms with Crippen molar-refractivity contribution in [3.63, 3.8) is 0 Å². The van der Waals surface area contributed by atoms with Crippen molar-refractivity contribution in [3.8, 4) is 0 Å². The molecule has 0 amide bonds. The summed E-state index contributed by atoms with van der Waals surface area (Å²) in [6.45, 7) is 0. The number of hydrogen-bond acceptors (Lipinski definition) is 3. The molecule has 1 N–H and O–H groups in total. The van der Waals surface area contributed by atoms with Crippen LogP contribution in [0.15, 0.2) is 41.6 Å². The molecule has 2 rings (SSSR count). The number of rotatable bonds is 3. The SMILES string of the molecule is CSc1ccc(C(=O)c2ccccn2)[nH]1. The molecule has 0 unspecified atom stereocenters. The van der Waals surface area contributed by atoms with Gasteiger partial charge in [-0.05, 0) is 30.5 Å². The zero-order chi connectivity index (χ0) is 10.7. The first kappa shape index (κ1) is 9.98. The van der Waals surface area contributed by atoms with Gasteiger partial charge in [-0.3, -0.25) is 9.78 Å². The Morgan fingerprint density at radius 2 is 2.20 bits per heavy atom. The number of H-pyrrole nitrogens is 1. The number of aromatic nitrogens is 2. The van der Waals surface area contributed by atoms with Crippen LogP contribution < -0.4 is 0 Å². The molecular weight excluding hydrogens is 208 g/mol. The number of thioether (sulfide) groups is 1. The first-order chi connectivity index (χ1) is 7.31. The van der Waals surface area contributed by atoms with Crippen LogP contribution in [0.4, 0.5) is 0 Å². The van der Waals surface area contributed by atoms with Crippen molar-refractivity contribution in [2.24, 2.45) is 0 Å². The van der Waals surface area contributed by atoms with Gasteiger partial charge < -0.3 is 4.98 Å². The molecule has 0 aromatic carbocycles. The van der Waals surface area contributed by atoms with Crippen LogP contribution in [-0.4, -0.2) is 22.0 Å². The average Bonchev–Trinajstić information content (AvgIpc) is 2.78. The molecule has 0 saturated carbocycles. The number of nitrogens with zero attached hydrogens (tertiary/aromatic N) is 1. The summed E-state index contributed by atoms with van der Waals surface area (Å²) in [5.74, 6) is -0.0732. The molecule has 0 fully saturated rings. The fourth-order valence-corrected chi connectivity index (χ4v) is 1.68. The fourth-order valence-electron chi connectivity index (χ4n) is 1.26. The van der Waals surface area contributed by atoms with Gasteiger partial charge in [0.1, 0.15) is 5.69 Å². The lowest BCUT2D eigenvalue weighted by atomic mass is 10.2. The summed E-state index contributed by atoms with van der Waals surface area (Å²) in [6.07, 6.45) is 3.58. The molecule has 76 valence electrons. The van der Waals surface area contributed by atoms with E-state index in [4.69, 9.17) is 0 Å². The van der Waals surface area contributed by atoms with Crippen molar-refractivity contribution >= 4 is 17.5 Å². The third-order valence-electron chi connectivity index (χ3n) is 2.02. The molecular formula is C11H10N2OS. The quantitative estimate of drug-likeness (QED) is 0.635. The maximum Gasteiger partial charge on any atom is 0.227 e. The minimum Gasteiger partial charge on any atom is -0.347 e. The molecule has 15 heavy (non-hydrogen) atoms. The van der Waals surface area contributed by atoms with Crippen LogP contribution in [0.1, 0.15) is 16.2 Å². The Labute approximate surface area is 91.9 Å². The second-order valence-corrected chi connectivity index (χ2v) is 3.83. The van der Waals surface area contributed by atoms with Gasteiger partial charge in [-0.1, -0.05) is 6.07 Å². The van der Waals surface area contributed by atoms with E-state index in [1.54, 1.807) is 42.2 Å². The third-order valence-corrected chi connectivity index (χ3v) is 2.70. The molecule has 2 aromatic heterocycles. The van der Waals surface area contributed by atoms with Gasteiger partial charge in [-0.2, -0.15) is 0 Å². The summed E-state index contributed by atoms with van der Waals surface area (Å²) in [7, 11) is 0. The van der Waals surface area contributed by atoms with E-state index in [1.807, 2.05) is 12.3 Å². The van der Waals surface area contributed by atoms with Gasteiger partial charge in [0, 0.05) is 6.20 Å². The van der Waals surface area contributed by atoms with Crippen molar-refractivity contribution in [1.29, 1.82) is 0 Å². The predicted octanol–water partition coefficient (Wildman–Crippen LogP) is 2.36. The van der Waals surface area contributed by atoms with Crippen molar-refractivity contribution in [2.45, 2.75) is 5.03 Å². The molecule has 2 aromatic rings. The molecule has 0 radical (unpaired) electrons. The molecule has 0 bridgehead atoms. The Bertz CT molecular complexity index is 464. The summed E-state index contributed by atoms with van der Waals surface area (Å²) in [5, 5.41) is 0.981. The summed E-state index contributed by atoms with van der Waals surface area (Å²) in [5.41, 5.74) is 1.05. The number of aromatic amines is 1. The predicted molar refractivity (Wildman–Crippen MR) is 60.2 cm³/mol. The second-order valence-electron chi connectivity index (χ2n) is 2.98. The zero-order valence-corrected chi connectivity index (χ0v) is 9.04. The van der Waals surface area contributed by atoms with Gasteiger partial charge in [0.25, 0.3) is 0 Å². The molecule has 0 saturated heterocycles. The summed E-state index contributed by atoms with van der Waals surface area (Å²) in [4.78, 5) is 18.9. The summed E-state index contributed by atoms with van der Waals surface area (Å²) in [6, 6.07) is 8.98. The van der Waals surface area contributed by atoms with Crippen molar-refractivity contribution in [1.82, 2.24) is 9.97 Å². The Kier molecular flexibility index (Phi) is 2.87. The maximum atomic E-state index is 11.9. The lowest BCUT2D eigenvalue weighted by molar-refractivity contribution is 0.103. The highest BCUT2D eigenvalue weighted by Crippen LogP contribution is 2.15. The van der Waals surface area contributed by atoms with Crippen LogP contribution >= 0.6 is 11.8 Å². The van der Waals surface area contributed by atoms with E-state index in [1.165, 1.54) is 0 Å². The lowest BCUT2D eigenvalue weighted by Gasteiger charge is -1.96. The highest BCUT2D eigenvalue weighted by atomic mass is 32.2. The summed E-state index contributed by atoms with van der Waals surface area (Å²) >= 11 is 1.57. The second kappa shape index (κ2) is 4.31. The Morgan fingerprint density at radius 1 is 1.33 bits per heavy atom. The number of nitrogens with one attached hydrogen (secondary N) is 1. The average molecular weight is 218 g/mol. The van der Waals surface area contributed by atoms with Crippen molar-refractivity contribution < 1.29 is 4.79 Å². The first-order valence-electron chi connectivity index (χ1n) is 4.50. The first-order valence-corrected chi connectivity index (χ1v) is 5.72. The molecule has 2 heterocycles. The number of hydrogen-bond donors (Lipinski definition) is 1. The highest BCUT2D eigenvalue weighted by Gasteiger charge is 2.11. The maximum absolute atomic E-state index is 11.9. The fraction of sp³-hybridized carbons (Fsp3) is 0.0909. The van der Waals surface area contributed by atoms with Gasteiger partial charge in [0.2, 0.25) is 5.78 Å². The molecule has 3 nitrogen and oxygen atoms in total. The molecule has 4 heteroatoms. The van der Waals surface area contributed by atoms with Crippen molar-refractivity contribution in [2.75, 3.05) is 6.26 Å². The number of carbonyl (C=O) groups is 1. The molecule has 0 atom stereocenters. The van der Waals surface area contributed by atoms with Gasteiger partial charge in [0.05, 0.1) is 10.7 Å². The molecule has 0 aliphatic carbocycles. The van der Waals surface area contributed by atoms with E-state index < -0.39 is 0 Å². The Balaban J connectivity index is 2.29. The summed E-state index contributed by atoms with van der Waals surface area (Å²) < 4.78 is 0.